The van der Waals surface area contributed by atoms with E-state index in [1.807, 2.05) is 0 Å². The minimum absolute atomic E-state index is 0.00155. The number of benzene rings is 2. The highest BCUT2D eigenvalue weighted by Gasteiger charge is 2.22. The summed E-state index contributed by atoms with van der Waals surface area (Å²) in [5.74, 6) is -6.71. The fraction of sp³-hybridized carbons (Fsp3) is 0.222. The van der Waals surface area contributed by atoms with E-state index in [-0.39, 0.29) is 17.1 Å². The SMILES string of the molecule is CCCN(CC(=O)Nc1ccc(F)c(F)c1F)C(=O)c1ccc(F)cc1Cl. The Bertz CT molecular complexity index is 877. The molecule has 0 aliphatic heterocycles. The van der Waals surface area contributed by atoms with Gasteiger partial charge in [-0.3, -0.25) is 9.59 Å². The van der Waals surface area contributed by atoms with Crippen LogP contribution >= 0.6 is 11.6 Å². The molecular weight excluding hydrogens is 388 g/mol. The number of hydrogen-bond donors (Lipinski definition) is 1. The third kappa shape index (κ3) is 4.97. The molecule has 0 aliphatic carbocycles. The molecule has 0 spiro atoms. The van der Waals surface area contributed by atoms with Gasteiger partial charge in [0.25, 0.3) is 5.91 Å². The Morgan fingerprint density at radius 1 is 1.07 bits per heavy atom. The van der Waals surface area contributed by atoms with E-state index in [9.17, 15) is 27.2 Å². The normalized spacial score (nSPS) is 10.6. The largest absolute Gasteiger partial charge is 0.329 e. The van der Waals surface area contributed by atoms with E-state index in [1.165, 1.54) is 6.07 Å². The highest BCUT2D eigenvalue weighted by molar-refractivity contribution is 6.33. The summed E-state index contributed by atoms with van der Waals surface area (Å²) in [6.45, 7) is 1.44. The number of hydrogen-bond acceptors (Lipinski definition) is 2. The number of nitrogens with zero attached hydrogens (tertiary/aromatic N) is 1. The molecule has 0 radical (unpaired) electrons. The van der Waals surface area contributed by atoms with Gasteiger partial charge in [-0.05, 0) is 36.8 Å². The van der Waals surface area contributed by atoms with Crippen molar-refractivity contribution >= 4 is 29.1 Å². The molecule has 0 aliphatic rings. The van der Waals surface area contributed by atoms with Gasteiger partial charge in [-0.2, -0.15) is 0 Å². The molecule has 0 saturated heterocycles. The number of rotatable bonds is 6. The van der Waals surface area contributed by atoms with Crippen molar-refractivity contribution in [3.05, 3.63) is 64.2 Å². The highest BCUT2D eigenvalue weighted by Crippen LogP contribution is 2.21. The van der Waals surface area contributed by atoms with Gasteiger partial charge in [0.05, 0.1) is 16.3 Å². The Balaban J connectivity index is 2.16. The van der Waals surface area contributed by atoms with Gasteiger partial charge >= 0.3 is 0 Å². The van der Waals surface area contributed by atoms with E-state index >= 15 is 0 Å². The molecule has 2 rings (SSSR count). The van der Waals surface area contributed by atoms with Crippen molar-refractivity contribution in [2.24, 2.45) is 0 Å². The van der Waals surface area contributed by atoms with E-state index in [0.29, 0.717) is 12.5 Å². The van der Waals surface area contributed by atoms with Gasteiger partial charge in [0, 0.05) is 6.54 Å². The Kier molecular flexibility index (Phi) is 6.79. The van der Waals surface area contributed by atoms with Gasteiger partial charge in [-0.1, -0.05) is 18.5 Å². The van der Waals surface area contributed by atoms with Crippen LogP contribution in [0.1, 0.15) is 23.7 Å². The minimum Gasteiger partial charge on any atom is -0.329 e. The van der Waals surface area contributed by atoms with Crippen molar-refractivity contribution in [1.82, 2.24) is 4.90 Å². The molecule has 144 valence electrons. The lowest BCUT2D eigenvalue weighted by Crippen LogP contribution is -2.38. The zero-order valence-electron chi connectivity index (χ0n) is 14.2. The second kappa shape index (κ2) is 8.85. The van der Waals surface area contributed by atoms with Gasteiger partial charge in [0.2, 0.25) is 5.91 Å². The highest BCUT2D eigenvalue weighted by atomic mass is 35.5. The molecule has 1 N–H and O–H groups in total. The molecule has 2 amide bonds. The summed E-state index contributed by atoms with van der Waals surface area (Å²) in [7, 11) is 0. The van der Waals surface area contributed by atoms with Crippen molar-refractivity contribution in [3.8, 4) is 0 Å². The van der Waals surface area contributed by atoms with Gasteiger partial charge < -0.3 is 10.2 Å². The molecule has 0 bridgehead atoms. The van der Waals surface area contributed by atoms with E-state index < -0.39 is 47.3 Å². The van der Waals surface area contributed by atoms with Crippen molar-refractivity contribution in [1.29, 1.82) is 0 Å². The van der Waals surface area contributed by atoms with Crippen molar-refractivity contribution in [2.75, 3.05) is 18.4 Å². The van der Waals surface area contributed by atoms with Crippen LogP contribution in [-0.2, 0) is 4.79 Å². The molecule has 0 unspecified atom stereocenters. The molecule has 2 aromatic rings. The molecular formula is C18H15ClF4N2O2. The van der Waals surface area contributed by atoms with Crippen molar-refractivity contribution < 1.29 is 27.2 Å². The molecule has 0 aromatic heterocycles. The first-order valence-corrected chi connectivity index (χ1v) is 8.30. The lowest BCUT2D eigenvalue weighted by molar-refractivity contribution is -0.116. The summed E-state index contributed by atoms with van der Waals surface area (Å²) in [4.78, 5) is 25.8. The smallest absolute Gasteiger partial charge is 0.255 e. The van der Waals surface area contributed by atoms with Crippen LogP contribution in [0.5, 0.6) is 0 Å². The standard InChI is InChI=1S/C18H15ClF4N2O2/c1-2-7-25(18(27)11-4-3-10(20)8-12(11)19)9-15(26)24-14-6-5-13(21)16(22)17(14)23/h3-6,8H,2,7,9H2,1H3,(H,24,26). The maximum absolute atomic E-state index is 13.7. The lowest BCUT2D eigenvalue weighted by Gasteiger charge is -2.22. The Labute approximate surface area is 157 Å². The number of carbonyl (C=O) groups is 2. The zero-order valence-corrected chi connectivity index (χ0v) is 14.9. The Morgan fingerprint density at radius 2 is 1.78 bits per heavy atom. The Hall–Kier alpha value is -2.61. The molecule has 4 nitrogen and oxygen atoms in total. The second-order valence-electron chi connectivity index (χ2n) is 5.62. The summed E-state index contributed by atoms with van der Waals surface area (Å²) in [5, 5.41) is 1.97. The lowest BCUT2D eigenvalue weighted by atomic mass is 10.2. The molecule has 0 saturated carbocycles. The average Bonchev–Trinajstić information content (AvgIpc) is 2.61. The number of nitrogens with one attached hydrogen (secondary N) is 1. The van der Waals surface area contributed by atoms with Crippen LogP contribution in [0.2, 0.25) is 5.02 Å². The van der Waals surface area contributed by atoms with Crippen LogP contribution in [0, 0.1) is 23.3 Å². The third-order valence-electron chi connectivity index (χ3n) is 3.59. The quantitative estimate of drug-likeness (QED) is 0.575. The van der Waals surface area contributed by atoms with Crippen LogP contribution in [0.15, 0.2) is 30.3 Å². The Morgan fingerprint density at radius 3 is 2.41 bits per heavy atom. The van der Waals surface area contributed by atoms with Crippen LogP contribution in [0.3, 0.4) is 0 Å². The fourth-order valence-corrected chi connectivity index (χ4v) is 2.59. The summed E-state index contributed by atoms with van der Waals surface area (Å²) in [5.41, 5.74) is -0.555. The number of amides is 2. The van der Waals surface area contributed by atoms with Gasteiger partial charge in [0.1, 0.15) is 12.4 Å². The first-order valence-electron chi connectivity index (χ1n) is 7.92. The van der Waals surface area contributed by atoms with Crippen LogP contribution in [0.25, 0.3) is 0 Å². The summed E-state index contributed by atoms with van der Waals surface area (Å²) < 4.78 is 53.0. The fourth-order valence-electron chi connectivity index (χ4n) is 2.34. The van der Waals surface area contributed by atoms with Gasteiger partial charge in [-0.25, -0.2) is 17.6 Å². The van der Waals surface area contributed by atoms with E-state index in [1.54, 1.807) is 6.92 Å². The second-order valence-corrected chi connectivity index (χ2v) is 6.03. The predicted octanol–water partition coefficient (Wildman–Crippen LogP) is 4.39. The van der Waals surface area contributed by atoms with E-state index in [0.717, 1.165) is 23.1 Å². The third-order valence-corrected chi connectivity index (χ3v) is 3.90. The minimum atomic E-state index is -1.72. The van der Waals surface area contributed by atoms with E-state index in [4.69, 9.17) is 11.6 Å². The number of halogens is 5. The van der Waals surface area contributed by atoms with Crippen LogP contribution in [-0.4, -0.2) is 29.8 Å². The molecule has 27 heavy (non-hydrogen) atoms. The first-order chi connectivity index (χ1) is 12.7. The summed E-state index contributed by atoms with van der Waals surface area (Å²) >= 11 is 5.87. The molecule has 0 fully saturated rings. The zero-order chi connectivity index (χ0) is 20.1. The molecule has 0 atom stereocenters. The van der Waals surface area contributed by atoms with Gasteiger partial charge in [0.15, 0.2) is 17.5 Å². The summed E-state index contributed by atoms with van der Waals surface area (Å²) in [6, 6.07) is 4.75. The van der Waals surface area contributed by atoms with E-state index in [2.05, 4.69) is 5.32 Å². The summed E-state index contributed by atoms with van der Waals surface area (Å²) in [6.07, 6.45) is 0.497. The predicted molar refractivity (Wildman–Crippen MR) is 92.6 cm³/mol. The molecule has 9 heteroatoms. The van der Waals surface area contributed by atoms with Crippen LogP contribution in [0.4, 0.5) is 23.2 Å². The maximum atomic E-state index is 13.7. The molecule has 2 aromatic carbocycles. The van der Waals surface area contributed by atoms with Crippen molar-refractivity contribution in [3.63, 3.8) is 0 Å². The van der Waals surface area contributed by atoms with Crippen LogP contribution < -0.4 is 5.32 Å². The van der Waals surface area contributed by atoms with Crippen molar-refractivity contribution in [2.45, 2.75) is 13.3 Å². The number of carbonyl (C=O) groups excluding carboxylic acids is 2. The topological polar surface area (TPSA) is 49.4 Å². The number of anilines is 1. The first kappa shape index (κ1) is 20.7. The monoisotopic (exact) mass is 402 g/mol. The molecule has 0 heterocycles. The van der Waals surface area contributed by atoms with Gasteiger partial charge in [-0.15, -0.1) is 0 Å². The maximum Gasteiger partial charge on any atom is 0.255 e. The average molecular weight is 403 g/mol.